The van der Waals surface area contributed by atoms with Crippen LogP contribution in [0.3, 0.4) is 0 Å². The van der Waals surface area contributed by atoms with Gasteiger partial charge >= 0.3 is 0 Å². The van der Waals surface area contributed by atoms with Gasteiger partial charge in [-0.2, -0.15) is 0 Å². The lowest BCUT2D eigenvalue weighted by Gasteiger charge is -2.47. The fraction of sp³-hybridized carbons (Fsp3) is 0.0755. The van der Waals surface area contributed by atoms with E-state index in [9.17, 15) is 0 Å². The van der Waals surface area contributed by atoms with Crippen LogP contribution >= 0.6 is 0 Å². The number of aromatic nitrogens is 1. The molecule has 2 aliphatic rings. The highest BCUT2D eigenvalue weighted by Crippen LogP contribution is 2.57. The van der Waals surface area contributed by atoms with Gasteiger partial charge < -0.3 is 0 Å². The van der Waals surface area contributed by atoms with Crippen molar-refractivity contribution in [2.24, 2.45) is 11.3 Å². The number of fused-ring (bicyclic) bond motifs is 4. The lowest BCUT2D eigenvalue weighted by Crippen LogP contribution is -2.45. The van der Waals surface area contributed by atoms with Crippen LogP contribution in [-0.2, 0) is 0 Å². The first-order valence-corrected chi connectivity index (χ1v) is 19.2. The van der Waals surface area contributed by atoms with Crippen LogP contribution in [0.4, 0.5) is 17.2 Å². The van der Waals surface area contributed by atoms with Gasteiger partial charge in [0.15, 0.2) is 0 Å². The van der Waals surface area contributed by atoms with Crippen molar-refractivity contribution in [3.63, 3.8) is 0 Å². The number of hydrogen-bond donors (Lipinski definition) is 0. The summed E-state index contributed by atoms with van der Waals surface area (Å²) in [6.45, 7) is 4.93. The van der Waals surface area contributed by atoms with Crippen LogP contribution in [-0.4, -0.2) is 4.98 Å². The van der Waals surface area contributed by atoms with Crippen molar-refractivity contribution in [3.8, 4) is 0 Å². The molecule has 0 amide bonds. The summed E-state index contributed by atoms with van der Waals surface area (Å²) in [5, 5.41) is 7.62. The molecule has 0 spiro atoms. The van der Waals surface area contributed by atoms with Gasteiger partial charge in [-0.1, -0.05) is 159 Å². The van der Waals surface area contributed by atoms with E-state index >= 15 is 0 Å². The molecule has 2 unspecified atom stereocenters. The fourth-order valence-electron chi connectivity index (χ4n) is 9.15. The Morgan fingerprint density at radius 1 is 0.491 bits per heavy atom. The summed E-state index contributed by atoms with van der Waals surface area (Å²) in [6.07, 6.45) is 6.67. The third kappa shape index (κ3) is 5.44. The Balaban J connectivity index is 1.18. The van der Waals surface area contributed by atoms with Crippen molar-refractivity contribution in [1.29, 1.82) is 0 Å². The topological polar surface area (TPSA) is 16.1 Å². The van der Waals surface area contributed by atoms with Crippen LogP contribution in [0.15, 0.2) is 206 Å². The molecule has 0 bridgehead atoms. The first kappa shape index (κ1) is 32.8. The highest BCUT2D eigenvalue weighted by atomic mass is 15.2. The average Bonchev–Trinajstić information content (AvgIpc) is 3.24. The highest BCUT2D eigenvalue weighted by Gasteiger charge is 2.46. The van der Waals surface area contributed by atoms with Gasteiger partial charge in [0, 0.05) is 23.0 Å². The fourth-order valence-corrected chi connectivity index (χ4v) is 9.15. The maximum Gasteiger partial charge on any atom is 0.137 e. The number of anilines is 3. The summed E-state index contributed by atoms with van der Waals surface area (Å²) in [7, 11) is 0. The van der Waals surface area contributed by atoms with Crippen LogP contribution < -0.4 is 15.3 Å². The molecule has 0 saturated heterocycles. The first-order chi connectivity index (χ1) is 27.1. The molecule has 0 saturated carbocycles. The largest absolute Gasteiger partial charge is 0.295 e. The molecule has 0 aliphatic heterocycles. The standard InChI is InChI=1S/C53H40N2/c1-36-46(39-27-29-45(30-28-39)55(44-18-4-3-5-19-44)50-22-12-13-33-54-50)31-32-49-51(42-25-23-37-14-6-8-16-40(37)34-42)47-20-10-11-21-48(47)52(53(36,49)2)43-26-24-38-15-7-9-17-41(38)35-43/h3-36H,1-2H3. The molecular weight excluding hydrogens is 665 g/mol. The Labute approximate surface area is 322 Å². The SMILES string of the molecule is CC1C(c2ccc(N(c3ccccc3)c3ccccn3)cc2)=CC=C2C(c3ccc4ccccc4c3)=c3ccccc3=C(c3ccc4ccccc4c3)C21C. The van der Waals surface area contributed by atoms with Gasteiger partial charge in [0.2, 0.25) is 0 Å². The van der Waals surface area contributed by atoms with E-state index in [1.807, 2.05) is 18.3 Å². The van der Waals surface area contributed by atoms with Gasteiger partial charge in [-0.25, -0.2) is 4.98 Å². The van der Waals surface area contributed by atoms with Crippen LogP contribution in [0.1, 0.15) is 30.5 Å². The second kappa shape index (κ2) is 13.3. The maximum atomic E-state index is 4.74. The normalized spacial score (nSPS) is 17.7. The van der Waals surface area contributed by atoms with Crippen molar-refractivity contribution in [1.82, 2.24) is 4.98 Å². The second-order valence-corrected chi connectivity index (χ2v) is 15.0. The van der Waals surface area contributed by atoms with E-state index in [0.717, 1.165) is 17.2 Å². The number of allylic oxidation sites excluding steroid dienone is 4. The summed E-state index contributed by atoms with van der Waals surface area (Å²) >= 11 is 0. The predicted octanol–water partition coefficient (Wildman–Crippen LogP) is 11.9. The number of benzene rings is 7. The molecule has 55 heavy (non-hydrogen) atoms. The minimum atomic E-state index is -0.343. The van der Waals surface area contributed by atoms with E-state index < -0.39 is 0 Å². The number of nitrogens with zero attached hydrogens (tertiary/aromatic N) is 2. The van der Waals surface area contributed by atoms with Gasteiger partial charge in [-0.3, -0.25) is 4.90 Å². The lowest BCUT2D eigenvalue weighted by molar-refractivity contribution is 0.427. The van der Waals surface area contributed by atoms with Crippen LogP contribution in [0, 0.1) is 11.3 Å². The summed E-state index contributed by atoms with van der Waals surface area (Å²) < 4.78 is 0. The molecular formula is C53H40N2. The van der Waals surface area contributed by atoms with E-state index in [0.29, 0.717) is 0 Å². The number of para-hydroxylation sites is 1. The molecule has 2 aliphatic carbocycles. The molecule has 8 aromatic rings. The van der Waals surface area contributed by atoms with Crippen molar-refractivity contribution in [3.05, 3.63) is 233 Å². The summed E-state index contributed by atoms with van der Waals surface area (Å²) in [5.74, 6) is 1.05. The van der Waals surface area contributed by atoms with E-state index in [1.54, 1.807) is 0 Å². The van der Waals surface area contributed by atoms with Crippen molar-refractivity contribution >= 4 is 55.5 Å². The molecule has 10 rings (SSSR count). The van der Waals surface area contributed by atoms with Crippen LogP contribution in [0.2, 0.25) is 0 Å². The highest BCUT2D eigenvalue weighted by molar-refractivity contribution is 5.97. The molecule has 0 fully saturated rings. The molecule has 2 atom stereocenters. The number of pyridine rings is 1. The minimum Gasteiger partial charge on any atom is -0.295 e. The van der Waals surface area contributed by atoms with Gasteiger partial charge in [0.25, 0.3) is 0 Å². The Hall–Kier alpha value is -6.77. The number of rotatable bonds is 6. The minimum absolute atomic E-state index is 0.157. The van der Waals surface area contributed by atoms with Gasteiger partial charge in [0.1, 0.15) is 5.82 Å². The zero-order valence-electron chi connectivity index (χ0n) is 31.0. The van der Waals surface area contributed by atoms with Gasteiger partial charge in [0.05, 0.1) is 0 Å². The second-order valence-electron chi connectivity index (χ2n) is 15.0. The first-order valence-electron chi connectivity index (χ1n) is 19.2. The molecule has 1 heterocycles. The Kier molecular flexibility index (Phi) is 7.92. The smallest absolute Gasteiger partial charge is 0.137 e. The third-order valence-corrected chi connectivity index (χ3v) is 12.0. The van der Waals surface area contributed by atoms with Gasteiger partial charge in [-0.05, 0) is 125 Å². The molecule has 2 heteroatoms. The van der Waals surface area contributed by atoms with Crippen molar-refractivity contribution in [2.45, 2.75) is 13.8 Å². The molecule has 262 valence electrons. The zero-order valence-corrected chi connectivity index (χ0v) is 31.0. The summed E-state index contributed by atoms with van der Waals surface area (Å²) in [4.78, 5) is 6.95. The maximum absolute atomic E-state index is 4.74. The quantitative estimate of drug-likeness (QED) is 0.171. The monoisotopic (exact) mass is 704 g/mol. The summed E-state index contributed by atoms with van der Waals surface area (Å²) in [5.41, 5.74) is 11.0. The van der Waals surface area contributed by atoms with E-state index in [2.05, 4.69) is 201 Å². The average molecular weight is 705 g/mol. The van der Waals surface area contributed by atoms with Gasteiger partial charge in [-0.15, -0.1) is 0 Å². The predicted molar refractivity (Wildman–Crippen MR) is 231 cm³/mol. The van der Waals surface area contributed by atoms with Crippen LogP contribution in [0.5, 0.6) is 0 Å². The lowest BCUT2D eigenvalue weighted by atomic mass is 9.56. The van der Waals surface area contributed by atoms with E-state index in [-0.39, 0.29) is 11.3 Å². The molecule has 1 aromatic heterocycles. The molecule has 0 N–H and O–H groups in total. The summed E-state index contributed by atoms with van der Waals surface area (Å²) in [6, 6.07) is 66.1. The Morgan fingerprint density at radius 2 is 1.05 bits per heavy atom. The van der Waals surface area contributed by atoms with Crippen molar-refractivity contribution < 1.29 is 0 Å². The van der Waals surface area contributed by atoms with Crippen molar-refractivity contribution in [2.75, 3.05) is 4.90 Å². The Bertz CT molecular complexity index is 2900. The van der Waals surface area contributed by atoms with Crippen LogP contribution in [0.25, 0.3) is 38.3 Å². The molecule has 0 radical (unpaired) electrons. The van der Waals surface area contributed by atoms with E-state index in [1.165, 1.54) is 71.0 Å². The molecule has 7 aromatic carbocycles. The number of hydrogen-bond acceptors (Lipinski definition) is 2. The zero-order chi connectivity index (χ0) is 36.9. The van der Waals surface area contributed by atoms with E-state index in [4.69, 9.17) is 4.98 Å². The third-order valence-electron chi connectivity index (χ3n) is 12.0. The molecule has 2 nitrogen and oxygen atoms in total. The Morgan fingerprint density at radius 3 is 1.75 bits per heavy atom.